The van der Waals surface area contributed by atoms with Crippen LogP contribution in [0, 0.1) is 12.7 Å². The molecular weight excluding hydrogens is 271 g/mol. The van der Waals surface area contributed by atoms with E-state index >= 15 is 0 Å². The molecule has 0 spiro atoms. The fourth-order valence-electron chi connectivity index (χ4n) is 2.57. The Morgan fingerprint density at radius 3 is 2.55 bits per heavy atom. The van der Waals surface area contributed by atoms with Gasteiger partial charge in [0, 0.05) is 0 Å². The second-order valence-corrected chi connectivity index (χ2v) is 5.37. The molecule has 0 heterocycles. The van der Waals surface area contributed by atoms with E-state index in [2.05, 4.69) is 24.3 Å². The summed E-state index contributed by atoms with van der Waals surface area (Å²) >= 11 is 6.62. The molecule has 0 nitrogen and oxygen atoms in total. The molecule has 0 amide bonds. The highest BCUT2D eigenvalue weighted by molar-refractivity contribution is 6.23. The van der Waals surface area contributed by atoms with Crippen LogP contribution in [0.4, 0.5) is 4.39 Å². The molecule has 3 rings (SSSR count). The van der Waals surface area contributed by atoms with Crippen LogP contribution in [0.5, 0.6) is 0 Å². The van der Waals surface area contributed by atoms with Crippen LogP contribution in [-0.4, -0.2) is 0 Å². The third-order valence-corrected chi connectivity index (χ3v) is 4.05. The molecule has 3 aromatic rings. The van der Waals surface area contributed by atoms with Crippen molar-refractivity contribution in [3.05, 3.63) is 83.2 Å². The van der Waals surface area contributed by atoms with E-state index in [9.17, 15) is 4.39 Å². The van der Waals surface area contributed by atoms with Crippen LogP contribution in [0.3, 0.4) is 0 Å². The summed E-state index contributed by atoms with van der Waals surface area (Å²) in [6.07, 6.45) is 0. The third kappa shape index (κ3) is 2.30. The maximum absolute atomic E-state index is 13.4. The Morgan fingerprint density at radius 1 is 0.950 bits per heavy atom. The van der Waals surface area contributed by atoms with Crippen LogP contribution >= 0.6 is 11.6 Å². The minimum absolute atomic E-state index is 0.258. The van der Waals surface area contributed by atoms with Gasteiger partial charge in [0.15, 0.2) is 0 Å². The Balaban J connectivity index is 2.21. The summed E-state index contributed by atoms with van der Waals surface area (Å²) < 4.78 is 13.4. The Morgan fingerprint density at radius 2 is 1.75 bits per heavy atom. The monoisotopic (exact) mass is 284 g/mol. The predicted molar refractivity (Wildman–Crippen MR) is 82.8 cm³/mol. The van der Waals surface area contributed by atoms with Gasteiger partial charge in [-0.1, -0.05) is 48.5 Å². The van der Waals surface area contributed by atoms with Gasteiger partial charge < -0.3 is 0 Å². The van der Waals surface area contributed by atoms with Crippen molar-refractivity contribution in [2.75, 3.05) is 0 Å². The van der Waals surface area contributed by atoms with Crippen molar-refractivity contribution in [2.45, 2.75) is 12.3 Å². The second kappa shape index (κ2) is 5.26. The highest BCUT2D eigenvalue weighted by Gasteiger charge is 2.16. The van der Waals surface area contributed by atoms with Crippen molar-refractivity contribution in [1.82, 2.24) is 0 Å². The number of alkyl halides is 1. The molecule has 0 saturated carbocycles. The molecule has 0 aromatic heterocycles. The van der Waals surface area contributed by atoms with Crippen molar-refractivity contribution < 1.29 is 4.39 Å². The van der Waals surface area contributed by atoms with Gasteiger partial charge in [-0.2, -0.15) is 0 Å². The number of hydrogen-bond donors (Lipinski definition) is 0. The maximum atomic E-state index is 13.4. The van der Waals surface area contributed by atoms with Gasteiger partial charge in [0.25, 0.3) is 0 Å². The van der Waals surface area contributed by atoms with Crippen molar-refractivity contribution in [3.8, 4) is 0 Å². The van der Waals surface area contributed by atoms with E-state index in [-0.39, 0.29) is 11.2 Å². The second-order valence-electron chi connectivity index (χ2n) is 4.93. The number of benzene rings is 3. The average Bonchev–Trinajstić information content (AvgIpc) is 2.46. The lowest BCUT2D eigenvalue weighted by molar-refractivity contribution is 0.626. The third-order valence-electron chi connectivity index (χ3n) is 3.58. The summed E-state index contributed by atoms with van der Waals surface area (Å²) in [5.41, 5.74) is 2.95. The zero-order valence-corrected chi connectivity index (χ0v) is 11.9. The summed E-state index contributed by atoms with van der Waals surface area (Å²) in [7, 11) is 0. The normalized spacial score (nSPS) is 12.6. The molecule has 100 valence electrons. The number of rotatable bonds is 2. The van der Waals surface area contributed by atoms with Gasteiger partial charge in [-0.25, -0.2) is 4.39 Å². The molecular formula is C18H14ClF. The molecule has 1 unspecified atom stereocenters. The molecule has 0 radical (unpaired) electrons. The van der Waals surface area contributed by atoms with E-state index < -0.39 is 0 Å². The first-order chi connectivity index (χ1) is 9.66. The van der Waals surface area contributed by atoms with E-state index in [1.54, 1.807) is 6.07 Å². The van der Waals surface area contributed by atoms with Crippen LogP contribution in [0.25, 0.3) is 10.8 Å². The molecule has 0 fully saturated rings. The summed E-state index contributed by atoms with van der Waals surface area (Å²) in [5.74, 6) is -0.258. The quantitative estimate of drug-likeness (QED) is 0.536. The van der Waals surface area contributed by atoms with Crippen molar-refractivity contribution >= 4 is 22.4 Å². The largest absolute Gasteiger partial charge is 0.207 e. The maximum Gasteiger partial charge on any atom is 0.123 e. The molecule has 0 aliphatic rings. The van der Waals surface area contributed by atoms with E-state index in [1.807, 2.05) is 25.1 Å². The number of fused-ring (bicyclic) bond motifs is 1. The van der Waals surface area contributed by atoms with Gasteiger partial charge in [0.2, 0.25) is 0 Å². The molecule has 0 bridgehead atoms. The first kappa shape index (κ1) is 13.1. The van der Waals surface area contributed by atoms with E-state index in [4.69, 9.17) is 11.6 Å². The van der Waals surface area contributed by atoms with Crippen LogP contribution in [-0.2, 0) is 0 Å². The average molecular weight is 285 g/mol. The van der Waals surface area contributed by atoms with Crippen LogP contribution in [0.1, 0.15) is 22.1 Å². The van der Waals surface area contributed by atoms with E-state index in [0.717, 1.165) is 27.5 Å². The van der Waals surface area contributed by atoms with Crippen molar-refractivity contribution in [3.63, 3.8) is 0 Å². The van der Waals surface area contributed by atoms with Gasteiger partial charge >= 0.3 is 0 Å². The molecule has 0 saturated heterocycles. The topological polar surface area (TPSA) is 0 Å². The lowest BCUT2D eigenvalue weighted by Crippen LogP contribution is -1.98. The Bertz CT molecular complexity index is 764. The Labute approximate surface area is 122 Å². The highest BCUT2D eigenvalue weighted by atomic mass is 35.5. The fraction of sp³-hybridized carbons (Fsp3) is 0.111. The molecule has 20 heavy (non-hydrogen) atoms. The molecule has 2 heteroatoms. The van der Waals surface area contributed by atoms with Crippen molar-refractivity contribution in [2.24, 2.45) is 0 Å². The minimum atomic E-state index is -0.350. The number of halogens is 2. The van der Waals surface area contributed by atoms with Gasteiger partial charge in [0.1, 0.15) is 5.82 Å². The Hall–Kier alpha value is -1.86. The summed E-state index contributed by atoms with van der Waals surface area (Å²) in [4.78, 5) is 0. The zero-order valence-electron chi connectivity index (χ0n) is 11.1. The summed E-state index contributed by atoms with van der Waals surface area (Å²) in [5, 5.41) is 1.92. The molecule has 0 N–H and O–H groups in total. The molecule has 3 aromatic carbocycles. The molecule has 1 atom stereocenters. The number of aryl methyl sites for hydroxylation is 1. The lowest BCUT2D eigenvalue weighted by Gasteiger charge is -2.16. The molecule has 0 aliphatic heterocycles. The summed E-state index contributed by atoms with van der Waals surface area (Å²) in [6, 6.07) is 18.8. The van der Waals surface area contributed by atoms with Crippen LogP contribution < -0.4 is 0 Å². The first-order valence-electron chi connectivity index (χ1n) is 6.54. The van der Waals surface area contributed by atoms with Crippen molar-refractivity contribution in [1.29, 1.82) is 0 Å². The molecule has 0 aliphatic carbocycles. The van der Waals surface area contributed by atoms with Crippen LogP contribution in [0.15, 0.2) is 60.7 Å². The zero-order chi connectivity index (χ0) is 14.1. The van der Waals surface area contributed by atoms with E-state index in [0.29, 0.717) is 0 Å². The van der Waals surface area contributed by atoms with Gasteiger partial charge in [-0.15, -0.1) is 11.6 Å². The SMILES string of the molecule is Cc1ccc2ccccc2c1C(Cl)c1cccc(F)c1. The predicted octanol–water partition coefficient (Wildman–Crippen LogP) is 5.62. The summed E-state index contributed by atoms with van der Waals surface area (Å²) in [6.45, 7) is 2.04. The highest BCUT2D eigenvalue weighted by Crippen LogP contribution is 2.36. The van der Waals surface area contributed by atoms with E-state index in [1.165, 1.54) is 12.1 Å². The standard InChI is InChI=1S/C18H14ClF/c1-12-9-10-13-5-2-3-8-16(13)17(12)18(19)14-6-4-7-15(20)11-14/h2-11,18H,1H3. The van der Waals surface area contributed by atoms with Gasteiger partial charge in [-0.05, 0) is 46.5 Å². The minimum Gasteiger partial charge on any atom is -0.207 e. The number of hydrogen-bond acceptors (Lipinski definition) is 0. The van der Waals surface area contributed by atoms with Gasteiger partial charge in [-0.3, -0.25) is 0 Å². The van der Waals surface area contributed by atoms with Gasteiger partial charge in [0.05, 0.1) is 5.38 Å². The fourth-order valence-corrected chi connectivity index (χ4v) is 3.00. The lowest BCUT2D eigenvalue weighted by atomic mass is 9.94. The van der Waals surface area contributed by atoms with Crippen LogP contribution in [0.2, 0.25) is 0 Å². The first-order valence-corrected chi connectivity index (χ1v) is 6.98. The smallest absolute Gasteiger partial charge is 0.123 e. The Kier molecular flexibility index (Phi) is 3.45.